The van der Waals surface area contributed by atoms with E-state index in [0.29, 0.717) is 5.69 Å². The van der Waals surface area contributed by atoms with E-state index in [9.17, 15) is 9.59 Å². The molecule has 0 fully saturated rings. The molecule has 4 rings (SSSR count). The zero-order valence-corrected chi connectivity index (χ0v) is 17.6. The largest absolute Gasteiger partial charge is 0.460 e. The maximum Gasteiger partial charge on any atom is 0.411 e. The SMILES string of the molecule is CCOC(=O)Nc1cccc(COC(=O)CNc2c3ccccc3nc3ccccc23)c1. The van der Waals surface area contributed by atoms with E-state index in [2.05, 4.69) is 15.6 Å². The fourth-order valence-corrected chi connectivity index (χ4v) is 3.43. The minimum Gasteiger partial charge on any atom is -0.460 e. The van der Waals surface area contributed by atoms with E-state index in [0.717, 1.165) is 33.1 Å². The summed E-state index contributed by atoms with van der Waals surface area (Å²) >= 11 is 0. The van der Waals surface area contributed by atoms with Crippen LogP contribution in [0, 0.1) is 0 Å². The lowest BCUT2D eigenvalue weighted by Gasteiger charge is -2.13. The molecule has 3 aromatic carbocycles. The number of fused-ring (bicyclic) bond motifs is 2. The van der Waals surface area contributed by atoms with Gasteiger partial charge in [0.2, 0.25) is 0 Å². The molecule has 0 atom stereocenters. The van der Waals surface area contributed by atoms with Crippen LogP contribution in [-0.4, -0.2) is 30.2 Å². The Morgan fingerprint density at radius 3 is 2.25 bits per heavy atom. The fraction of sp³-hybridized carbons (Fsp3) is 0.160. The Labute approximate surface area is 185 Å². The number of anilines is 2. The first-order valence-corrected chi connectivity index (χ1v) is 10.3. The first kappa shape index (κ1) is 21.1. The number of pyridine rings is 1. The molecular weight excluding hydrogens is 406 g/mol. The molecule has 1 amide bonds. The Bertz CT molecular complexity index is 1220. The smallest absolute Gasteiger partial charge is 0.411 e. The molecule has 0 saturated heterocycles. The van der Waals surface area contributed by atoms with Crippen LogP contribution in [0.25, 0.3) is 21.8 Å². The Balaban J connectivity index is 1.42. The van der Waals surface area contributed by atoms with E-state index in [1.54, 1.807) is 25.1 Å². The van der Waals surface area contributed by atoms with Gasteiger partial charge in [0.25, 0.3) is 0 Å². The number of rotatable bonds is 7. The van der Waals surface area contributed by atoms with Gasteiger partial charge in [-0.05, 0) is 36.8 Å². The van der Waals surface area contributed by atoms with Crippen LogP contribution >= 0.6 is 0 Å². The molecule has 7 nitrogen and oxygen atoms in total. The molecule has 1 aromatic heterocycles. The molecule has 7 heteroatoms. The Morgan fingerprint density at radius 2 is 1.56 bits per heavy atom. The van der Waals surface area contributed by atoms with E-state index in [1.165, 1.54) is 0 Å². The molecule has 0 spiro atoms. The molecule has 2 N–H and O–H groups in total. The van der Waals surface area contributed by atoms with Crippen molar-refractivity contribution in [2.45, 2.75) is 13.5 Å². The van der Waals surface area contributed by atoms with Gasteiger partial charge in [-0.3, -0.25) is 10.1 Å². The highest BCUT2D eigenvalue weighted by Gasteiger charge is 2.11. The first-order chi connectivity index (χ1) is 15.6. The topological polar surface area (TPSA) is 89.5 Å². The lowest BCUT2D eigenvalue weighted by molar-refractivity contribution is -0.142. The molecule has 4 aromatic rings. The molecule has 0 aliphatic rings. The molecule has 162 valence electrons. The number of nitrogens with one attached hydrogen (secondary N) is 2. The molecule has 0 saturated carbocycles. The van der Waals surface area contributed by atoms with Gasteiger partial charge in [-0.15, -0.1) is 0 Å². The van der Waals surface area contributed by atoms with Crippen LogP contribution in [-0.2, 0) is 20.9 Å². The molecule has 0 aliphatic carbocycles. The summed E-state index contributed by atoms with van der Waals surface area (Å²) < 4.78 is 10.3. The average molecular weight is 429 g/mol. The third kappa shape index (κ3) is 4.95. The number of aromatic nitrogens is 1. The van der Waals surface area contributed by atoms with Crippen LogP contribution in [0.5, 0.6) is 0 Å². The van der Waals surface area contributed by atoms with E-state index in [-0.39, 0.29) is 19.8 Å². The van der Waals surface area contributed by atoms with E-state index in [1.807, 2.05) is 54.6 Å². The molecular formula is C25H23N3O4. The second-order valence-electron chi connectivity index (χ2n) is 7.08. The maximum absolute atomic E-state index is 12.4. The molecule has 0 unspecified atom stereocenters. The van der Waals surface area contributed by atoms with Crippen molar-refractivity contribution in [3.8, 4) is 0 Å². The van der Waals surface area contributed by atoms with Crippen molar-refractivity contribution in [3.05, 3.63) is 78.4 Å². The van der Waals surface area contributed by atoms with Crippen molar-refractivity contribution >= 4 is 45.2 Å². The summed E-state index contributed by atoms with van der Waals surface area (Å²) in [5, 5.41) is 7.74. The molecule has 1 heterocycles. The number of ether oxygens (including phenoxy) is 2. The summed E-state index contributed by atoms with van der Waals surface area (Å²) in [7, 11) is 0. The van der Waals surface area contributed by atoms with Gasteiger partial charge < -0.3 is 14.8 Å². The number of carbonyl (C=O) groups is 2. The zero-order chi connectivity index (χ0) is 22.3. The molecule has 32 heavy (non-hydrogen) atoms. The number of esters is 1. The van der Waals surface area contributed by atoms with E-state index >= 15 is 0 Å². The summed E-state index contributed by atoms with van der Waals surface area (Å²) in [5.41, 5.74) is 3.89. The highest BCUT2D eigenvalue weighted by molar-refractivity contribution is 6.07. The van der Waals surface area contributed by atoms with Gasteiger partial charge in [-0.25, -0.2) is 9.78 Å². The van der Waals surface area contributed by atoms with Crippen LogP contribution in [0.15, 0.2) is 72.8 Å². The Morgan fingerprint density at radius 1 is 0.875 bits per heavy atom. The summed E-state index contributed by atoms with van der Waals surface area (Å²) in [6.07, 6.45) is -0.525. The number of para-hydroxylation sites is 2. The van der Waals surface area contributed by atoms with Gasteiger partial charge in [-0.2, -0.15) is 0 Å². The van der Waals surface area contributed by atoms with Crippen LogP contribution in [0.4, 0.5) is 16.2 Å². The van der Waals surface area contributed by atoms with Crippen LogP contribution in [0.1, 0.15) is 12.5 Å². The highest BCUT2D eigenvalue weighted by Crippen LogP contribution is 2.30. The van der Waals surface area contributed by atoms with Crippen LogP contribution < -0.4 is 10.6 Å². The molecule has 0 aliphatic heterocycles. The van der Waals surface area contributed by atoms with Gasteiger partial charge in [0, 0.05) is 16.5 Å². The maximum atomic E-state index is 12.4. The van der Waals surface area contributed by atoms with Crippen molar-refractivity contribution in [1.29, 1.82) is 0 Å². The number of amides is 1. The average Bonchev–Trinajstić information content (AvgIpc) is 2.81. The third-order valence-corrected chi connectivity index (χ3v) is 4.85. The van der Waals surface area contributed by atoms with E-state index in [4.69, 9.17) is 9.47 Å². The predicted octanol–water partition coefficient (Wildman–Crippen LogP) is 5.11. The second kappa shape index (κ2) is 9.78. The summed E-state index contributed by atoms with van der Waals surface area (Å²) in [4.78, 5) is 28.7. The second-order valence-corrected chi connectivity index (χ2v) is 7.08. The lowest BCUT2D eigenvalue weighted by Crippen LogP contribution is -2.17. The number of hydrogen-bond donors (Lipinski definition) is 2. The highest BCUT2D eigenvalue weighted by atomic mass is 16.5. The molecule has 0 radical (unpaired) electrons. The molecule has 0 bridgehead atoms. The number of carbonyl (C=O) groups excluding carboxylic acids is 2. The van der Waals surface area contributed by atoms with Gasteiger partial charge in [0.1, 0.15) is 13.2 Å². The van der Waals surface area contributed by atoms with Crippen LogP contribution in [0.3, 0.4) is 0 Å². The van der Waals surface area contributed by atoms with Gasteiger partial charge in [0.15, 0.2) is 0 Å². The Hall–Kier alpha value is -4.13. The predicted molar refractivity (Wildman–Crippen MR) is 125 cm³/mol. The number of nitrogens with zero attached hydrogens (tertiary/aromatic N) is 1. The van der Waals surface area contributed by atoms with Crippen molar-refractivity contribution < 1.29 is 19.1 Å². The van der Waals surface area contributed by atoms with Crippen molar-refractivity contribution in [2.24, 2.45) is 0 Å². The minimum absolute atomic E-state index is 0.0127. The monoisotopic (exact) mass is 429 g/mol. The standard InChI is InChI=1S/C25H23N3O4/c1-2-31-25(30)27-18-9-7-8-17(14-18)16-32-23(29)15-26-24-19-10-3-5-12-21(19)28-22-13-6-4-11-20(22)24/h3-14H,2,15-16H2,1H3,(H,26,28)(H,27,30). The lowest BCUT2D eigenvalue weighted by atomic mass is 10.1. The van der Waals surface area contributed by atoms with Crippen molar-refractivity contribution in [3.63, 3.8) is 0 Å². The van der Waals surface area contributed by atoms with Gasteiger partial charge >= 0.3 is 12.1 Å². The quantitative estimate of drug-likeness (QED) is 0.313. The number of hydrogen-bond acceptors (Lipinski definition) is 6. The fourth-order valence-electron chi connectivity index (χ4n) is 3.43. The Kier molecular flexibility index (Phi) is 6.46. The van der Waals surface area contributed by atoms with Crippen LogP contribution in [0.2, 0.25) is 0 Å². The normalized spacial score (nSPS) is 10.7. The van der Waals surface area contributed by atoms with Crippen molar-refractivity contribution in [2.75, 3.05) is 23.8 Å². The minimum atomic E-state index is -0.525. The summed E-state index contributed by atoms with van der Waals surface area (Å²) in [6, 6.07) is 22.7. The number of benzene rings is 3. The third-order valence-electron chi connectivity index (χ3n) is 4.85. The van der Waals surface area contributed by atoms with Crippen molar-refractivity contribution in [1.82, 2.24) is 4.98 Å². The van der Waals surface area contributed by atoms with Gasteiger partial charge in [-0.1, -0.05) is 48.5 Å². The van der Waals surface area contributed by atoms with E-state index < -0.39 is 12.1 Å². The zero-order valence-electron chi connectivity index (χ0n) is 17.6. The van der Waals surface area contributed by atoms with Gasteiger partial charge in [0.05, 0.1) is 23.3 Å². The summed E-state index contributed by atoms with van der Waals surface area (Å²) in [6.45, 7) is 2.13. The summed E-state index contributed by atoms with van der Waals surface area (Å²) in [5.74, 6) is -0.390. The first-order valence-electron chi connectivity index (χ1n) is 10.3.